The Kier molecular flexibility index (Phi) is 4.77. The number of carbonyl (C=O) groups is 1. The first kappa shape index (κ1) is 13.8. The predicted molar refractivity (Wildman–Crippen MR) is 77.3 cm³/mol. The van der Waals surface area contributed by atoms with E-state index in [9.17, 15) is 4.79 Å². The van der Waals surface area contributed by atoms with Crippen molar-refractivity contribution in [3.8, 4) is 0 Å². The summed E-state index contributed by atoms with van der Waals surface area (Å²) in [5, 5.41) is 4.94. The fourth-order valence-corrected chi connectivity index (χ4v) is 2.19. The Hall–Kier alpha value is -1.58. The van der Waals surface area contributed by atoms with Crippen molar-refractivity contribution < 1.29 is 9.53 Å². The van der Waals surface area contributed by atoms with Gasteiger partial charge >= 0.3 is 5.97 Å². The van der Waals surface area contributed by atoms with E-state index in [0.717, 1.165) is 0 Å². The van der Waals surface area contributed by atoms with Gasteiger partial charge in [0.25, 0.3) is 0 Å². The van der Waals surface area contributed by atoms with Crippen LogP contribution >= 0.6 is 11.6 Å². The number of benzene rings is 2. The Morgan fingerprint density at radius 1 is 1.26 bits per heavy atom. The zero-order valence-corrected chi connectivity index (χ0v) is 11.5. The van der Waals surface area contributed by atoms with E-state index in [0.29, 0.717) is 13.1 Å². The smallest absolute Gasteiger partial charge is 0.325 e. The van der Waals surface area contributed by atoms with Crippen LogP contribution in [0.25, 0.3) is 10.8 Å². The third-order valence-electron chi connectivity index (χ3n) is 2.98. The predicted octanol–water partition coefficient (Wildman–Crippen LogP) is 2.71. The molecule has 0 saturated carbocycles. The molecule has 1 atom stereocenters. The van der Waals surface area contributed by atoms with Crippen molar-refractivity contribution in [3.05, 3.63) is 48.0 Å². The van der Waals surface area contributed by atoms with Crippen LogP contribution in [0.5, 0.6) is 0 Å². The van der Waals surface area contributed by atoms with Crippen LogP contribution in [0.2, 0.25) is 0 Å². The van der Waals surface area contributed by atoms with E-state index >= 15 is 0 Å². The molecule has 0 fully saturated rings. The number of esters is 1. The number of alkyl halides is 1. The van der Waals surface area contributed by atoms with E-state index in [4.69, 9.17) is 11.6 Å². The quantitative estimate of drug-likeness (QED) is 0.675. The number of rotatable bonds is 5. The molecule has 4 heteroatoms. The average Bonchev–Trinajstić information content (AvgIpc) is 2.46. The van der Waals surface area contributed by atoms with Gasteiger partial charge in [0, 0.05) is 13.1 Å². The van der Waals surface area contributed by atoms with Crippen LogP contribution in [-0.2, 0) is 16.1 Å². The largest absolute Gasteiger partial charge is 0.468 e. The summed E-state index contributed by atoms with van der Waals surface area (Å²) >= 11 is 5.88. The number of hydrogen-bond acceptors (Lipinski definition) is 3. The topological polar surface area (TPSA) is 38.3 Å². The van der Waals surface area contributed by atoms with E-state index < -0.39 is 11.3 Å². The maximum atomic E-state index is 11.2. The summed E-state index contributed by atoms with van der Waals surface area (Å²) in [6, 6.07) is 14.4. The van der Waals surface area contributed by atoms with Crippen molar-refractivity contribution in [3.63, 3.8) is 0 Å². The molecule has 3 nitrogen and oxygen atoms in total. The van der Waals surface area contributed by atoms with Gasteiger partial charge in [-0.3, -0.25) is 4.79 Å². The highest BCUT2D eigenvalue weighted by Gasteiger charge is 2.14. The third kappa shape index (κ3) is 3.46. The van der Waals surface area contributed by atoms with Gasteiger partial charge in [-0.05, 0) is 16.3 Å². The summed E-state index contributed by atoms with van der Waals surface area (Å²) in [5.41, 5.74) is 1.19. The molecule has 0 aromatic heterocycles. The molecule has 2 aromatic carbocycles. The Bertz CT molecular complexity index is 566. The minimum absolute atomic E-state index is 0.386. The van der Waals surface area contributed by atoms with Gasteiger partial charge in [0.1, 0.15) is 5.38 Å². The molecule has 2 aromatic rings. The van der Waals surface area contributed by atoms with Crippen molar-refractivity contribution in [2.45, 2.75) is 11.9 Å². The summed E-state index contributed by atoms with van der Waals surface area (Å²) < 4.78 is 4.57. The minimum atomic E-state index is -0.653. The number of carbonyl (C=O) groups excluding carboxylic acids is 1. The molecule has 1 N–H and O–H groups in total. The van der Waals surface area contributed by atoms with Crippen molar-refractivity contribution in [1.82, 2.24) is 5.32 Å². The fraction of sp³-hybridized carbons (Fsp3) is 0.267. The molecule has 0 saturated heterocycles. The Morgan fingerprint density at radius 3 is 2.79 bits per heavy atom. The van der Waals surface area contributed by atoms with Crippen molar-refractivity contribution in [1.29, 1.82) is 0 Å². The first-order valence-corrected chi connectivity index (χ1v) is 6.55. The van der Waals surface area contributed by atoms with E-state index in [-0.39, 0.29) is 0 Å². The molecule has 0 radical (unpaired) electrons. The molecule has 0 amide bonds. The van der Waals surface area contributed by atoms with Gasteiger partial charge in [-0.1, -0.05) is 42.5 Å². The molecule has 0 aliphatic heterocycles. The van der Waals surface area contributed by atoms with Gasteiger partial charge in [0.2, 0.25) is 0 Å². The van der Waals surface area contributed by atoms with E-state index in [1.54, 1.807) is 0 Å². The van der Waals surface area contributed by atoms with Gasteiger partial charge in [-0.2, -0.15) is 0 Å². The zero-order valence-electron chi connectivity index (χ0n) is 10.7. The Labute approximate surface area is 117 Å². The average molecular weight is 278 g/mol. The van der Waals surface area contributed by atoms with Gasteiger partial charge < -0.3 is 10.1 Å². The molecule has 19 heavy (non-hydrogen) atoms. The highest BCUT2D eigenvalue weighted by atomic mass is 35.5. The van der Waals surface area contributed by atoms with Crippen LogP contribution in [-0.4, -0.2) is 25.0 Å². The van der Waals surface area contributed by atoms with Crippen LogP contribution < -0.4 is 5.32 Å². The van der Waals surface area contributed by atoms with Gasteiger partial charge in [0.15, 0.2) is 0 Å². The zero-order chi connectivity index (χ0) is 13.7. The van der Waals surface area contributed by atoms with Crippen molar-refractivity contribution >= 4 is 28.3 Å². The molecule has 1 unspecified atom stereocenters. The maximum absolute atomic E-state index is 11.2. The molecule has 2 rings (SSSR count). The summed E-state index contributed by atoms with van der Waals surface area (Å²) in [7, 11) is 1.34. The van der Waals surface area contributed by atoms with Gasteiger partial charge in [-0.15, -0.1) is 11.6 Å². The van der Waals surface area contributed by atoms with Crippen LogP contribution in [0.4, 0.5) is 0 Å². The van der Waals surface area contributed by atoms with Crippen molar-refractivity contribution in [2.24, 2.45) is 0 Å². The highest BCUT2D eigenvalue weighted by molar-refractivity contribution is 6.30. The number of methoxy groups -OCH3 is 1. The molecule has 0 aliphatic carbocycles. The number of fused-ring (bicyclic) bond motifs is 1. The number of hydrogen-bond donors (Lipinski definition) is 1. The molecular formula is C15H16ClNO2. The molecule has 100 valence electrons. The second kappa shape index (κ2) is 6.55. The lowest BCUT2D eigenvalue weighted by molar-refractivity contribution is -0.140. The summed E-state index contributed by atoms with van der Waals surface area (Å²) in [6.07, 6.45) is 0. The first-order chi connectivity index (χ1) is 9.22. The molecule has 0 aliphatic rings. The number of ether oxygens (including phenoxy) is 1. The van der Waals surface area contributed by atoms with Crippen LogP contribution in [0.1, 0.15) is 5.56 Å². The molecule has 0 heterocycles. The molecule has 0 bridgehead atoms. The fourth-order valence-electron chi connectivity index (χ4n) is 1.99. The Balaban J connectivity index is 2.00. The lowest BCUT2D eigenvalue weighted by Crippen LogP contribution is -2.29. The summed E-state index contributed by atoms with van der Waals surface area (Å²) in [5.74, 6) is -0.410. The minimum Gasteiger partial charge on any atom is -0.468 e. The van der Waals surface area contributed by atoms with Crippen LogP contribution in [0, 0.1) is 0 Å². The maximum Gasteiger partial charge on any atom is 0.325 e. The van der Waals surface area contributed by atoms with Crippen LogP contribution in [0.3, 0.4) is 0 Å². The first-order valence-electron chi connectivity index (χ1n) is 6.11. The monoisotopic (exact) mass is 277 g/mol. The Morgan fingerprint density at radius 2 is 2.00 bits per heavy atom. The third-order valence-corrected chi connectivity index (χ3v) is 3.31. The standard InChI is InChI=1S/C15H16ClNO2/c1-19-15(18)14(16)10-17-9-12-7-4-6-11-5-2-3-8-13(11)12/h2-8,14,17H,9-10H2,1H3. The van der Waals surface area contributed by atoms with Gasteiger partial charge in [-0.25, -0.2) is 0 Å². The van der Waals surface area contributed by atoms with Crippen LogP contribution in [0.15, 0.2) is 42.5 Å². The second-order valence-electron chi connectivity index (χ2n) is 4.26. The lowest BCUT2D eigenvalue weighted by Gasteiger charge is -2.10. The van der Waals surface area contributed by atoms with E-state index in [2.05, 4.69) is 34.3 Å². The SMILES string of the molecule is COC(=O)C(Cl)CNCc1cccc2ccccc12. The summed E-state index contributed by atoms with van der Waals surface area (Å²) in [6.45, 7) is 1.05. The van der Waals surface area contributed by atoms with Gasteiger partial charge in [0.05, 0.1) is 7.11 Å². The highest BCUT2D eigenvalue weighted by Crippen LogP contribution is 2.18. The number of halogens is 1. The molecule has 0 spiro atoms. The van der Waals surface area contributed by atoms with Crippen molar-refractivity contribution in [2.75, 3.05) is 13.7 Å². The molecular weight excluding hydrogens is 262 g/mol. The lowest BCUT2D eigenvalue weighted by atomic mass is 10.0. The summed E-state index contributed by atoms with van der Waals surface area (Å²) in [4.78, 5) is 11.2. The normalized spacial score (nSPS) is 12.3. The van der Waals surface area contributed by atoms with E-state index in [1.165, 1.54) is 23.4 Å². The number of nitrogens with one attached hydrogen (secondary N) is 1. The second-order valence-corrected chi connectivity index (χ2v) is 4.79. The van der Waals surface area contributed by atoms with E-state index in [1.807, 2.05) is 18.2 Å².